The van der Waals surface area contributed by atoms with Crippen molar-refractivity contribution < 1.29 is 14.8 Å². The highest BCUT2D eigenvalue weighted by molar-refractivity contribution is 5.98. The molecule has 0 spiro atoms. The van der Waals surface area contributed by atoms with E-state index in [0.29, 0.717) is 17.9 Å². The van der Waals surface area contributed by atoms with Gasteiger partial charge in [-0.25, -0.2) is 0 Å². The third-order valence-electron chi connectivity index (χ3n) is 3.56. The van der Waals surface area contributed by atoms with Gasteiger partial charge in [0.05, 0.1) is 10.5 Å². The molecule has 0 aliphatic heterocycles. The number of para-hydroxylation sites is 1. The van der Waals surface area contributed by atoms with Crippen molar-refractivity contribution in [1.82, 2.24) is 5.32 Å². The SMILES string of the molecule is Cc1cccc(C(=O)NCC(C)(O)CCC(C)C)c1[N+](=O)[O-]. The van der Waals surface area contributed by atoms with E-state index in [1.165, 1.54) is 6.07 Å². The fourth-order valence-electron chi connectivity index (χ4n) is 2.14. The highest BCUT2D eigenvalue weighted by atomic mass is 16.6. The van der Waals surface area contributed by atoms with Crippen LogP contribution < -0.4 is 5.32 Å². The van der Waals surface area contributed by atoms with E-state index in [9.17, 15) is 20.0 Å². The molecule has 2 N–H and O–H groups in total. The second-order valence-electron chi connectivity index (χ2n) is 6.34. The van der Waals surface area contributed by atoms with Crippen molar-refractivity contribution in [2.75, 3.05) is 6.54 Å². The fourth-order valence-corrected chi connectivity index (χ4v) is 2.14. The zero-order valence-corrected chi connectivity index (χ0v) is 13.5. The first-order chi connectivity index (χ1) is 10.1. The van der Waals surface area contributed by atoms with Crippen molar-refractivity contribution in [1.29, 1.82) is 0 Å². The maximum absolute atomic E-state index is 12.2. The minimum absolute atomic E-state index is 0.0182. The Bertz CT molecular complexity index is 553. The molecule has 1 rings (SSSR count). The Balaban J connectivity index is 2.78. The van der Waals surface area contributed by atoms with Crippen molar-refractivity contribution in [2.45, 2.75) is 46.1 Å². The predicted molar refractivity (Wildman–Crippen MR) is 84.9 cm³/mol. The average molecular weight is 308 g/mol. The van der Waals surface area contributed by atoms with Crippen LogP contribution >= 0.6 is 0 Å². The zero-order chi connectivity index (χ0) is 16.9. The van der Waals surface area contributed by atoms with Crippen molar-refractivity contribution in [3.63, 3.8) is 0 Å². The van der Waals surface area contributed by atoms with Gasteiger partial charge in [0.2, 0.25) is 0 Å². The quantitative estimate of drug-likeness (QED) is 0.598. The summed E-state index contributed by atoms with van der Waals surface area (Å²) < 4.78 is 0. The number of carbonyl (C=O) groups is 1. The number of hydrogen-bond donors (Lipinski definition) is 2. The Kier molecular flexibility index (Phi) is 6.05. The number of nitro benzene ring substituents is 1. The molecule has 0 saturated heterocycles. The minimum atomic E-state index is -1.03. The molecule has 22 heavy (non-hydrogen) atoms. The van der Waals surface area contributed by atoms with Gasteiger partial charge in [-0.3, -0.25) is 14.9 Å². The van der Waals surface area contributed by atoms with E-state index in [1.54, 1.807) is 26.0 Å². The first-order valence-electron chi connectivity index (χ1n) is 7.38. The van der Waals surface area contributed by atoms with Crippen molar-refractivity contribution in [3.8, 4) is 0 Å². The highest BCUT2D eigenvalue weighted by Gasteiger charge is 2.25. The van der Waals surface area contributed by atoms with Crippen LogP contribution in [0.4, 0.5) is 5.69 Å². The van der Waals surface area contributed by atoms with E-state index in [4.69, 9.17) is 0 Å². The number of nitrogens with one attached hydrogen (secondary N) is 1. The monoisotopic (exact) mass is 308 g/mol. The molecule has 0 fully saturated rings. The molecule has 1 aromatic rings. The van der Waals surface area contributed by atoms with Crippen LogP contribution in [0.1, 0.15) is 49.5 Å². The van der Waals surface area contributed by atoms with Gasteiger partial charge in [0.15, 0.2) is 0 Å². The van der Waals surface area contributed by atoms with Gasteiger partial charge in [-0.2, -0.15) is 0 Å². The predicted octanol–water partition coefficient (Wildman–Crippen LogP) is 2.82. The van der Waals surface area contributed by atoms with Gasteiger partial charge in [0.1, 0.15) is 5.56 Å². The van der Waals surface area contributed by atoms with Crippen LogP contribution in [-0.2, 0) is 0 Å². The number of aliphatic hydroxyl groups is 1. The number of aryl methyl sites for hydroxylation is 1. The van der Waals surface area contributed by atoms with Gasteiger partial charge in [-0.05, 0) is 38.7 Å². The summed E-state index contributed by atoms with van der Waals surface area (Å²) in [7, 11) is 0. The molecule has 6 nitrogen and oxygen atoms in total. The van der Waals surface area contributed by atoms with Crippen LogP contribution in [0.15, 0.2) is 18.2 Å². The smallest absolute Gasteiger partial charge is 0.285 e. The zero-order valence-electron chi connectivity index (χ0n) is 13.5. The molecule has 1 amide bonds. The number of carbonyl (C=O) groups excluding carboxylic acids is 1. The molecular weight excluding hydrogens is 284 g/mol. The van der Waals surface area contributed by atoms with Crippen LogP contribution in [0.3, 0.4) is 0 Å². The van der Waals surface area contributed by atoms with Crippen molar-refractivity contribution >= 4 is 11.6 Å². The van der Waals surface area contributed by atoms with Gasteiger partial charge in [0.25, 0.3) is 11.6 Å². The third kappa shape index (κ3) is 5.11. The second kappa shape index (κ2) is 7.35. The maximum atomic E-state index is 12.2. The van der Waals surface area contributed by atoms with E-state index in [0.717, 1.165) is 6.42 Å². The normalized spacial score (nSPS) is 13.7. The first kappa shape index (κ1) is 18.1. The molecule has 0 bridgehead atoms. The summed E-state index contributed by atoms with van der Waals surface area (Å²) >= 11 is 0. The van der Waals surface area contributed by atoms with E-state index in [2.05, 4.69) is 19.2 Å². The molecule has 0 aromatic heterocycles. The lowest BCUT2D eigenvalue weighted by Gasteiger charge is -2.24. The Hall–Kier alpha value is -1.95. The lowest BCUT2D eigenvalue weighted by molar-refractivity contribution is -0.385. The Labute approximate surface area is 130 Å². The summed E-state index contributed by atoms with van der Waals surface area (Å²) in [6.07, 6.45) is 1.40. The van der Waals surface area contributed by atoms with Gasteiger partial charge < -0.3 is 10.4 Å². The number of nitro groups is 1. The van der Waals surface area contributed by atoms with E-state index in [-0.39, 0.29) is 17.8 Å². The lowest BCUT2D eigenvalue weighted by Crippen LogP contribution is -2.41. The molecule has 1 atom stereocenters. The molecule has 1 unspecified atom stereocenters. The summed E-state index contributed by atoms with van der Waals surface area (Å²) in [5.74, 6) is -0.0831. The fraction of sp³-hybridized carbons (Fsp3) is 0.562. The second-order valence-corrected chi connectivity index (χ2v) is 6.34. The lowest BCUT2D eigenvalue weighted by atomic mass is 9.95. The molecule has 0 saturated carbocycles. The Morgan fingerprint density at radius 3 is 2.64 bits per heavy atom. The molecule has 122 valence electrons. The van der Waals surface area contributed by atoms with Crippen LogP contribution in [0.5, 0.6) is 0 Å². The van der Waals surface area contributed by atoms with Gasteiger partial charge in [-0.1, -0.05) is 26.0 Å². The summed E-state index contributed by atoms with van der Waals surface area (Å²) in [5.41, 5.74) is -0.769. The molecular formula is C16H24N2O4. The molecule has 6 heteroatoms. The Morgan fingerprint density at radius 2 is 2.09 bits per heavy atom. The number of rotatable bonds is 7. The van der Waals surface area contributed by atoms with Gasteiger partial charge >= 0.3 is 0 Å². The van der Waals surface area contributed by atoms with Crippen LogP contribution in [0.25, 0.3) is 0 Å². The maximum Gasteiger partial charge on any atom is 0.285 e. The molecule has 0 heterocycles. The minimum Gasteiger partial charge on any atom is -0.388 e. The standard InChI is InChI=1S/C16H24N2O4/c1-11(2)8-9-16(4,20)10-17-15(19)13-7-5-6-12(3)14(13)18(21)22/h5-7,11,20H,8-10H2,1-4H3,(H,17,19). The number of nitrogens with zero attached hydrogens (tertiary/aromatic N) is 1. The summed E-state index contributed by atoms with van der Waals surface area (Å²) in [6, 6.07) is 4.62. The molecule has 1 aromatic carbocycles. The largest absolute Gasteiger partial charge is 0.388 e. The van der Waals surface area contributed by atoms with Crippen LogP contribution in [0.2, 0.25) is 0 Å². The van der Waals surface area contributed by atoms with E-state index < -0.39 is 16.4 Å². The summed E-state index contributed by atoms with van der Waals surface area (Å²) in [4.78, 5) is 22.7. The molecule has 0 radical (unpaired) electrons. The van der Waals surface area contributed by atoms with Gasteiger partial charge in [-0.15, -0.1) is 0 Å². The summed E-state index contributed by atoms with van der Waals surface area (Å²) in [6.45, 7) is 7.42. The first-order valence-corrected chi connectivity index (χ1v) is 7.38. The molecule has 0 aliphatic carbocycles. The Morgan fingerprint density at radius 1 is 1.45 bits per heavy atom. The average Bonchev–Trinajstić information content (AvgIpc) is 2.42. The van der Waals surface area contributed by atoms with Crippen LogP contribution in [-0.4, -0.2) is 28.1 Å². The highest BCUT2D eigenvalue weighted by Crippen LogP contribution is 2.23. The van der Waals surface area contributed by atoms with Crippen molar-refractivity contribution in [2.24, 2.45) is 5.92 Å². The van der Waals surface area contributed by atoms with Crippen LogP contribution in [0, 0.1) is 23.0 Å². The summed E-state index contributed by atoms with van der Waals surface area (Å²) in [5, 5.41) is 23.9. The third-order valence-corrected chi connectivity index (χ3v) is 3.56. The topological polar surface area (TPSA) is 92.5 Å². The van der Waals surface area contributed by atoms with E-state index >= 15 is 0 Å². The number of amides is 1. The number of hydrogen-bond acceptors (Lipinski definition) is 4. The van der Waals surface area contributed by atoms with Gasteiger partial charge in [0, 0.05) is 12.1 Å². The van der Waals surface area contributed by atoms with E-state index in [1.807, 2.05) is 0 Å². The van der Waals surface area contributed by atoms with Crippen molar-refractivity contribution in [3.05, 3.63) is 39.4 Å². The number of benzene rings is 1. The molecule has 0 aliphatic rings.